The number of amides is 1. The number of carbonyl (C=O) groups is 1. The number of hydrogen-bond acceptors (Lipinski definition) is 2. The first-order valence-corrected chi connectivity index (χ1v) is 7.72. The van der Waals surface area contributed by atoms with E-state index in [2.05, 4.69) is 21.2 Å². The molecule has 5 heteroatoms. The highest BCUT2D eigenvalue weighted by Crippen LogP contribution is 2.29. The zero-order valence-corrected chi connectivity index (χ0v) is 13.8. The Morgan fingerprint density at radius 1 is 1.33 bits per heavy atom. The number of aliphatic hydroxyl groups excluding tert-OH is 1. The Bertz CT molecular complexity index is 660. The van der Waals surface area contributed by atoms with Crippen molar-refractivity contribution >= 4 is 39.1 Å². The van der Waals surface area contributed by atoms with Gasteiger partial charge in [0.1, 0.15) is 0 Å². The van der Waals surface area contributed by atoms with E-state index in [-0.39, 0.29) is 5.91 Å². The molecule has 110 valence electrons. The van der Waals surface area contributed by atoms with Gasteiger partial charge in [-0.15, -0.1) is 0 Å². The number of benzene rings is 2. The average Bonchev–Trinajstić information content (AvgIpc) is 2.46. The molecule has 0 saturated heterocycles. The number of carbonyl (C=O) groups excluding carboxylic acids is 1. The molecular weight excluding hydrogens is 354 g/mol. The number of nitrogens with one attached hydrogen (secondary N) is 1. The molecule has 0 heterocycles. The first-order valence-electron chi connectivity index (χ1n) is 6.55. The summed E-state index contributed by atoms with van der Waals surface area (Å²) in [5.41, 5.74) is 1.75. The van der Waals surface area contributed by atoms with Gasteiger partial charge in [0, 0.05) is 26.3 Å². The fraction of sp³-hybridized carbons (Fsp3) is 0.188. The second kappa shape index (κ2) is 7.07. The van der Waals surface area contributed by atoms with Gasteiger partial charge in [-0.3, -0.25) is 4.79 Å². The summed E-state index contributed by atoms with van der Waals surface area (Å²) in [4.78, 5) is 12.3. The minimum atomic E-state index is -0.618. The summed E-state index contributed by atoms with van der Waals surface area (Å²) in [6.07, 6.45) is -0.0467. The predicted octanol–water partition coefficient (Wildman–Crippen LogP) is 4.80. The summed E-state index contributed by atoms with van der Waals surface area (Å²) < 4.78 is 0.830. The molecule has 1 atom stereocenters. The highest BCUT2D eigenvalue weighted by molar-refractivity contribution is 9.10. The van der Waals surface area contributed by atoms with Crippen molar-refractivity contribution in [1.82, 2.24) is 0 Å². The van der Waals surface area contributed by atoms with Gasteiger partial charge in [0.25, 0.3) is 5.91 Å². The second-order valence-electron chi connectivity index (χ2n) is 4.62. The van der Waals surface area contributed by atoms with E-state index in [1.54, 1.807) is 36.4 Å². The molecule has 0 fully saturated rings. The quantitative estimate of drug-likeness (QED) is 0.814. The number of aliphatic hydroxyl groups is 1. The lowest BCUT2D eigenvalue weighted by atomic mass is 10.0. The van der Waals surface area contributed by atoms with Crippen LogP contribution in [-0.2, 0) is 0 Å². The SMILES string of the molecule is CC[C@@H](O)c1ccc(Br)cc1NC(=O)c1cccc(Cl)c1. The third-order valence-corrected chi connectivity index (χ3v) is 3.82. The molecule has 21 heavy (non-hydrogen) atoms. The van der Waals surface area contributed by atoms with E-state index in [0.29, 0.717) is 28.3 Å². The predicted molar refractivity (Wildman–Crippen MR) is 88.8 cm³/mol. The summed E-state index contributed by atoms with van der Waals surface area (Å²) in [7, 11) is 0. The average molecular weight is 369 g/mol. The molecule has 2 rings (SSSR count). The summed E-state index contributed by atoms with van der Waals surface area (Å²) >= 11 is 9.26. The van der Waals surface area contributed by atoms with Crippen LogP contribution in [0.15, 0.2) is 46.9 Å². The van der Waals surface area contributed by atoms with Crippen molar-refractivity contribution < 1.29 is 9.90 Å². The van der Waals surface area contributed by atoms with Gasteiger partial charge in [-0.25, -0.2) is 0 Å². The van der Waals surface area contributed by atoms with Crippen LogP contribution in [0.1, 0.15) is 35.4 Å². The molecule has 0 radical (unpaired) electrons. The third-order valence-electron chi connectivity index (χ3n) is 3.10. The summed E-state index contributed by atoms with van der Waals surface area (Å²) in [6.45, 7) is 1.88. The van der Waals surface area contributed by atoms with Crippen LogP contribution < -0.4 is 5.32 Å². The number of hydrogen-bond donors (Lipinski definition) is 2. The van der Waals surface area contributed by atoms with Gasteiger partial charge < -0.3 is 10.4 Å². The maximum absolute atomic E-state index is 12.3. The maximum atomic E-state index is 12.3. The smallest absolute Gasteiger partial charge is 0.255 e. The largest absolute Gasteiger partial charge is 0.388 e. The van der Waals surface area contributed by atoms with Gasteiger partial charge in [0.05, 0.1) is 6.10 Å². The van der Waals surface area contributed by atoms with Crippen LogP contribution in [0.4, 0.5) is 5.69 Å². The van der Waals surface area contributed by atoms with Crippen LogP contribution in [0.5, 0.6) is 0 Å². The fourth-order valence-electron chi connectivity index (χ4n) is 1.97. The number of anilines is 1. The van der Waals surface area contributed by atoms with Crippen molar-refractivity contribution in [3.63, 3.8) is 0 Å². The number of halogens is 2. The van der Waals surface area contributed by atoms with Gasteiger partial charge in [0.2, 0.25) is 0 Å². The van der Waals surface area contributed by atoms with Crippen LogP contribution in [0.3, 0.4) is 0 Å². The van der Waals surface area contributed by atoms with Crippen molar-refractivity contribution in [2.45, 2.75) is 19.4 Å². The highest BCUT2D eigenvalue weighted by Gasteiger charge is 2.14. The van der Waals surface area contributed by atoms with Crippen molar-refractivity contribution in [3.8, 4) is 0 Å². The molecule has 2 aromatic rings. The molecule has 3 nitrogen and oxygen atoms in total. The topological polar surface area (TPSA) is 49.3 Å². The van der Waals surface area contributed by atoms with E-state index in [1.165, 1.54) is 0 Å². The molecule has 0 aliphatic heterocycles. The molecule has 0 aliphatic rings. The van der Waals surface area contributed by atoms with Crippen LogP contribution in [0.25, 0.3) is 0 Å². The fourth-order valence-corrected chi connectivity index (χ4v) is 2.52. The zero-order valence-electron chi connectivity index (χ0n) is 11.4. The molecule has 2 aromatic carbocycles. The van der Waals surface area contributed by atoms with Crippen LogP contribution in [-0.4, -0.2) is 11.0 Å². The highest BCUT2D eigenvalue weighted by atomic mass is 79.9. The normalized spacial score (nSPS) is 12.0. The van der Waals surface area contributed by atoms with Gasteiger partial charge >= 0.3 is 0 Å². The lowest BCUT2D eigenvalue weighted by Gasteiger charge is -2.15. The molecule has 2 N–H and O–H groups in total. The van der Waals surface area contributed by atoms with Crippen LogP contribution >= 0.6 is 27.5 Å². The minimum Gasteiger partial charge on any atom is -0.388 e. The Labute approximate surface area is 137 Å². The van der Waals surface area contributed by atoms with Gasteiger partial charge in [0.15, 0.2) is 0 Å². The molecule has 0 aliphatic carbocycles. The molecule has 0 unspecified atom stereocenters. The van der Waals surface area contributed by atoms with Crippen LogP contribution in [0.2, 0.25) is 5.02 Å². The molecule has 0 saturated carbocycles. The summed E-state index contributed by atoms with van der Waals surface area (Å²) in [5.74, 6) is -0.264. The Morgan fingerprint density at radius 2 is 2.10 bits per heavy atom. The number of rotatable bonds is 4. The van der Waals surface area contributed by atoms with E-state index >= 15 is 0 Å². The first-order chi connectivity index (χ1) is 10.0. The van der Waals surface area contributed by atoms with Crippen molar-refractivity contribution in [2.24, 2.45) is 0 Å². The van der Waals surface area contributed by atoms with E-state index in [9.17, 15) is 9.90 Å². The molecular formula is C16H15BrClNO2. The van der Waals surface area contributed by atoms with E-state index in [1.807, 2.05) is 13.0 Å². The maximum Gasteiger partial charge on any atom is 0.255 e. The first kappa shape index (κ1) is 16.0. The van der Waals surface area contributed by atoms with Crippen molar-refractivity contribution in [1.29, 1.82) is 0 Å². The molecule has 0 spiro atoms. The Morgan fingerprint density at radius 3 is 2.76 bits per heavy atom. The van der Waals surface area contributed by atoms with E-state index in [0.717, 1.165) is 4.47 Å². The Balaban J connectivity index is 2.30. The summed E-state index contributed by atoms with van der Waals surface area (Å²) in [5, 5.41) is 13.4. The van der Waals surface area contributed by atoms with Gasteiger partial charge in [-0.05, 0) is 36.8 Å². The Hall–Kier alpha value is -1.36. The molecule has 0 bridgehead atoms. The van der Waals surface area contributed by atoms with Gasteiger partial charge in [-0.1, -0.05) is 46.6 Å². The lowest BCUT2D eigenvalue weighted by molar-refractivity contribution is 0.102. The van der Waals surface area contributed by atoms with E-state index in [4.69, 9.17) is 11.6 Å². The minimum absolute atomic E-state index is 0.264. The van der Waals surface area contributed by atoms with E-state index < -0.39 is 6.10 Å². The summed E-state index contributed by atoms with van der Waals surface area (Å²) in [6, 6.07) is 12.1. The Kier molecular flexibility index (Phi) is 5.39. The molecule has 0 aromatic heterocycles. The van der Waals surface area contributed by atoms with Crippen molar-refractivity contribution in [3.05, 3.63) is 63.1 Å². The molecule has 1 amide bonds. The second-order valence-corrected chi connectivity index (χ2v) is 5.97. The zero-order chi connectivity index (χ0) is 15.4. The third kappa shape index (κ3) is 4.06. The standard InChI is InChI=1S/C16H15BrClNO2/c1-2-15(20)13-7-6-11(17)9-14(13)19-16(21)10-4-3-5-12(18)8-10/h3-9,15,20H,2H2,1H3,(H,19,21)/t15-/m1/s1. The monoisotopic (exact) mass is 367 g/mol. The lowest BCUT2D eigenvalue weighted by Crippen LogP contribution is -2.14. The van der Waals surface area contributed by atoms with Crippen molar-refractivity contribution in [2.75, 3.05) is 5.32 Å². The van der Waals surface area contributed by atoms with Crippen LogP contribution in [0, 0.1) is 0 Å². The van der Waals surface area contributed by atoms with Gasteiger partial charge in [-0.2, -0.15) is 0 Å².